The summed E-state index contributed by atoms with van der Waals surface area (Å²) in [7, 11) is 0. The van der Waals surface area contributed by atoms with Crippen molar-refractivity contribution in [3.8, 4) is 11.4 Å². The molecule has 0 bridgehead atoms. The number of aromatic nitrogens is 4. The highest BCUT2D eigenvalue weighted by atomic mass is 16.4. The van der Waals surface area contributed by atoms with Gasteiger partial charge in [-0.3, -0.25) is 4.98 Å². The Morgan fingerprint density at radius 3 is 2.89 bits per heavy atom. The molecule has 2 aromatic rings. The average Bonchev–Trinajstić information content (AvgIpc) is 2.83. The molecule has 0 radical (unpaired) electrons. The van der Waals surface area contributed by atoms with E-state index in [0.29, 0.717) is 12.2 Å². The Hall–Kier alpha value is -2.24. The maximum absolute atomic E-state index is 11.2. The summed E-state index contributed by atoms with van der Waals surface area (Å²) in [6.45, 7) is 0. The number of carboxylic acids is 1. The molecule has 1 N–H and O–H groups in total. The van der Waals surface area contributed by atoms with Crippen molar-refractivity contribution >= 4 is 5.97 Å². The van der Waals surface area contributed by atoms with Crippen LogP contribution in [-0.4, -0.2) is 30.8 Å². The fourth-order valence-corrected chi connectivity index (χ4v) is 2.20. The number of pyridine rings is 1. The van der Waals surface area contributed by atoms with Crippen LogP contribution < -0.4 is 0 Å². The third-order valence-electron chi connectivity index (χ3n) is 3.10. The highest BCUT2D eigenvalue weighted by Crippen LogP contribution is 2.25. The summed E-state index contributed by atoms with van der Waals surface area (Å²) in [5, 5.41) is 13.5. The summed E-state index contributed by atoms with van der Waals surface area (Å²) in [6, 6.07) is 3.05. The second-order valence-corrected chi connectivity index (χ2v) is 4.28. The molecule has 0 saturated heterocycles. The minimum Gasteiger partial charge on any atom is -0.480 e. The Morgan fingerprint density at radius 2 is 2.17 bits per heavy atom. The van der Waals surface area contributed by atoms with Gasteiger partial charge in [0.15, 0.2) is 11.9 Å². The molecular formula is C12H12N4O2. The summed E-state index contributed by atoms with van der Waals surface area (Å²) < 4.78 is 1.54. The molecule has 0 saturated carbocycles. The van der Waals surface area contributed by atoms with Crippen molar-refractivity contribution in [2.24, 2.45) is 0 Å². The second kappa shape index (κ2) is 4.21. The zero-order chi connectivity index (χ0) is 12.5. The fourth-order valence-electron chi connectivity index (χ4n) is 2.20. The lowest BCUT2D eigenvalue weighted by atomic mass is 10.1. The lowest BCUT2D eigenvalue weighted by molar-refractivity contribution is -0.141. The fraction of sp³-hybridized carbons (Fsp3) is 0.333. The number of hydrogen-bond donors (Lipinski definition) is 1. The first-order chi connectivity index (χ1) is 8.75. The van der Waals surface area contributed by atoms with E-state index in [-0.39, 0.29) is 0 Å². The molecule has 3 rings (SSSR count). The van der Waals surface area contributed by atoms with Gasteiger partial charge in [0.05, 0.1) is 0 Å². The molecule has 0 aliphatic carbocycles. The molecular weight excluding hydrogens is 232 g/mol. The van der Waals surface area contributed by atoms with E-state index in [1.54, 1.807) is 17.1 Å². The molecule has 3 heterocycles. The number of carbonyl (C=O) groups is 1. The number of aliphatic carboxylic acids is 1. The van der Waals surface area contributed by atoms with Crippen LogP contribution in [0, 0.1) is 0 Å². The van der Waals surface area contributed by atoms with E-state index in [9.17, 15) is 4.79 Å². The second-order valence-electron chi connectivity index (χ2n) is 4.28. The summed E-state index contributed by atoms with van der Waals surface area (Å²) >= 11 is 0. The van der Waals surface area contributed by atoms with Crippen molar-refractivity contribution in [2.75, 3.05) is 0 Å². The molecule has 18 heavy (non-hydrogen) atoms. The van der Waals surface area contributed by atoms with Gasteiger partial charge in [0, 0.05) is 24.4 Å². The molecule has 1 aliphatic rings. The number of carboxylic acid groups (broad SMARTS) is 1. The Bertz CT molecular complexity index is 579. The summed E-state index contributed by atoms with van der Waals surface area (Å²) in [5.74, 6) is 0.475. The highest BCUT2D eigenvalue weighted by Gasteiger charge is 2.28. The summed E-state index contributed by atoms with van der Waals surface area (Å²) in [4.78, 5) is 19.5. The maximum atomic E-state index is 11.2. The topological polar surface area (TPSA) is 80.9 Å². The summed E-state index contributed by atoms with van der Waals surface area (Å²) in [6.07, 6.45) is 5.57. The molecule has 6 nitrogen and oxygen atoms in total. The Kier molecular flexibility index (Phi) is 2.55. The molecule has 0 spiro atoms. The molecule has 92 valence electrons. The molecule has 1 unspecified atom stereocenters. The maximum Gasteiger partial charge on any atom is 0.328 e. The van der Waals surface area contributed by atoms with Crippen LogP contribution >= 0.6 is 0 Å². The predicted octanol–water partition coefficient (Wildman–Crippen LogP) is 1.30. The minimum absolute atomic E-state index is 0.570. The first kappa shape index (κ1) is 10.9. The number of fused-ring (bicyclic) bond motifs is 1. The van der Waals surface area contributed by atoms with Crippen LogP contribution in [-0.2, 0) is 11.2 Å². The SMILES string of the molecule is O=C(O)C1CCCc2nc(-c3ccncc3)nn21. The van der Waals surface area contributed by atoms with Gasteiger partial charge >= 0.3 is 5.97 Å². The first-order valence-corrected chi connectivity index (χ1v) is 5.84. The predicted molar refractivity (Wildman–Crippen MR) is 62.9 cm³/mol. The van der Waals surface area contributed by atoms with Crippen molar-refractivity contribution in [2.45, 2.75) is 25.3 Å². The van der Waals surface area contributed by atoms with Gasteiger partial charge in [0.25, 0.3) is 0 Å². The lowest BCUT2D eigenvalue weighted by Gasteiger charge is -2.19. The van der Waals surface area contributed by atoms with E-state index in [4.69, 9.17) is 5.11 Å². The monoisotopic (exact) mass is 244 g/mol. The van der Waals surface area contributed by atoms with Crippen molar-refractivity contribution in [3.05, 3.63) is 30.4 Å². The molecule has 1 aliphatic heterocycles. The van der Waals surface area contributed by atoms with Crippen molar-refractivity contribution in [1.82, 2.24) is 19.7 Å². The van der Waals surface area contributed by atoms with E-state index in [1.165, 1.54) is 0 Å². The van der Waals surface area contributed by atoms with Crippen LogP contribution in [0.4, 0.5) is 0 Å². The van der Waals surface area contributed by atoms with Crippen LogP contribution in [0.5, 0.6) is 0 Å². The zero-order valence-electron chi connectivity index (χ0n) is 9.65. The van der Waals surface area contributed by atoms with Gasteiger partial charge in [-0.25, -0.2) is 14.5 Å². The quantitative estimate of drug-likeness (QED) is 0.861. The highest BCUT2D eigenvalue weighted by molar-refractivity contribution is 5.72. The van der Waals surface area contributed by atoms with E-state index < -0.39 is 12.0 Å². The average molecular weight is 244 g/mol. The van der Waals surface area contributed by atoms with Crippen molar-refractivity contribution in [3.63, 3.8) is 0 Å². The molecule has 0 aromatic carbocycles. The Balaban J connectivity index is 2.04. The largest absolute Gasteiger partial charge is 0.480 e. The number of aryl methyl sites for hydroxylation is 1. The van der Waals surface area contributed by atoms with Crippen molar-refractivity contribution < 1.29 is 9.90 Å². The zero-order valence-corrected chi connectivity index (χ0v) is 9.65. The van der Waals surface area contributed by atoms with Gasteiger partial charge in [-0.15, -0.1) is 5.10 Å². The van der Waals surface area contributed by atoms with Gasteiger partial charge in [-0.05, 0) is 25.0 Å². The summed E-state index contributed by atoms with van der Waals surface area (Å²) in [5.41, 5.74) is 0.857. The molecule has 0 amide bonds. The lowest BCUT2D eigenvalue weighted by Crippen LogP contribution is -2.25. The molecule has 6 heteroatoms. The van der Waals surface area contributed by atoms with Gasteiger partial charge in [0.2, 0.25) is 0 Å². The van der Waals surface area contributed by atoms with Gasteiger partial charge in [0.1, 0.15) is 5.82 Å². The van der Waals surface area contributed by atoms with Crippen LogP contribution in [0.2, 0.25) is 0 Å². The Morgan fingerprint density at radius 1 is 1.39 bits per heavy atom. The third-order valence-corrected chi connectivity index (χ3v) is 3.10. The van der Waals surface area contributed by atoms with Crippen LogP contribution in [0.1, 0.15) is 24.7 Å². The number of nitrogens with zero attached hydrogens (tertiary/aromatic N) is 4. The van der Waals surface area contributed by atoms with Gasteiger partial charge in [-0.2, -0.15) is 0 Å². The van der Waals surface area contributed by atoms with E-state index in [2.05, 4.69) is 15.1 Å². The van der Waals surface area contributed by atoms with Gasteiger partial charge < -0.3 is 5.11 Å². The standard InChI is InChI=1S/C12H12N4O2/c17-12(18)9-2-1-3-10-14-11(15-16(9)10)8-4-6-13-7-5-8/h4-7,9H,1-3H2,(H,17,18). The molecule has 1 atom stereocenters. The van der Waals surface area contributed by atoms with Gasteiger partial charge in [-0.1, -0.05) is 0 Å². The van der Waals surface area contributed by atoms with E-state index >= 15 is 0 Å². The van der Waals surface area contributed by atoms with Crippen molar-refractivity contribution in [1.29, 1.82) is 0 Å². The smallest absolute Gasteiger partial charge is 0.328 e. The normalized spacial score (nSPS) is 18.3. The number of hydrogen-bond acceptors (Lipinski definition) is 4. The van der Waals surface area contributed by atoms with Crippen LogP contribution in [0.25, 0.3) is 11.4 Å². The molecule has 2 aromatic heterocycles. The van der Waals surface area contributed by atoms with E-state index in [1.807, 2.05) is 12.1 Å². The third kappa shape index (κ3) is 1.75. The Labute approximate surface area is 103 Å². The number of rotatable bonds is 2. The first-order valence-electron chi connectivity index (χ1n) is 5.84. The van der Waals surface area contributed by atoms with Crippen LogP contribution in [0.3, 0.4) is 0 Å². The van der Waals surface area contributed by atoms with Crippen LogP contribution in [0.15, 0.2) is 24.5 Å². The van der Waals surface area contributed by atoms with E-state index in [0.717, 1.165) is 24.2 Å². The minimum atomic E-state index is -0.845. The molecule has 0 fully saturated rings.